The van der Waals surface area contributed by atoms with Crippen molar-refractivity contribution in [3.05, 3.63) is 0 Å². The Labute approximate surface area is 90.4 Å². The van der Waals surface area contributed by atoms with Crippen LogP contribution in [-0.2, 0) is 4.79 Å². The first-order valence-corrected chi connectivity index (χ1v) is 6.25. The SMILES string of the molecule is CC(C)CCCSCCC(N)C(=O)O. The molecular weight excluding hydrogens is 198 g/mol. The first-order chi connectivity index (χ1) is 6.54. The van der Waals surface area contributed by atoms with Gasteiger partial charge in [0.15, 0.2) is 0 Å². The van der Waals surface area contributed by atoms with Crippen LogP contribution in [0.4, 0.5) is 0 Å². The smallest absolute Gasteiger partial charge is 0.320 e. The lowest BCUT2D eigenvalue weighted by Crippen LogP contribution is -2.30. The number of nitrogens with two attached hydrogens (primary N) is 1. The predicted molar refractivity (Wildman–Crippen MR) is 61.6 cm³/mol. The van der Waals surface area contributed by atoms with Gasteiger partial charge in [0.25, 0.3) is 0 Å². The summed E-state index contributed by atoms with van der Waals surface area (Å²) in [6, 6.07) is -0.687. The van der Waals surface area contributed by atoms with Gasteiger partial charge >= 0.3 is 5.97 Å². The van der Waals surface area contributed by atoms with Crippen molar-refractivity contribution in [2.45, 2.75) is 39.2 Å². The summed E-state index contributed by atoms with van der Waals surface area (Å²) in [5, 5.41) is 8.52. The number of carboxylic acid groups (broad SMARTS) is 1. The van der Waals surface area contributed by atoms with Gasteiger partial charge in [0.1, 0.15) is 6.04 Å². The molecule has 0 saturated carbocycles. The average molecular weight is 219 g/mol. The summed E-state index contributed by atoms with van der Waals surface area (Å²) in [6.45, 7) is 4.43. The number of thioether (sulfide) groups is 1. The van der Waals surface area contributed by atoms with Crippen molar-refractivity contribution in [2.75, 3.05) is 11.5 Å². The van der Waals surface area contributed by atoms with E-state index >= 15 is 0 Å². The highest BCUT2D eigenvalue weighted by Crippen LogP contribution is 2.11. The maximum atomic E-state index is 10.4. The molecule has 0 radical (unpaired) electrons. The monoisotopic (exact) mass is 219 g/mol. The molecule has 84 valence electrons. The number of aliphatic carboxylic acids is 1. The second-order valence-electron chi connectivity index (χ2n) is 3.88. The molecule has 0 spiro atoms. The van der Waals surface area contributed by atoms with Crippen LogP contribution in [0, 0.1) is 5.92 Å². The van der Waals surface area contributed by atoms with E-state index in [0.29, 0.717) is 6.42 Å². The number of rotatable bonds is 8. The topological polar surface area (TPSA) is 63.3 Å². The number of carboxylic acids is 1. The fourth-order valence-corrected chi connectivity index (χ4v) is 2.02. The number of hydrogen-bond donors (Lipinski definition) is 2. The zero-order valence-electron chi connectivity index (χ0n) is 9.03. The van der Waals surface area contributed by atoms with Crippen LogP contribution in [0.15, 0.2) is 0 Å². The van der Waals surface area contributed by atoms with Gasteiger partial charge in [0, 0.05) is 0 Å². The van der Waals surface area contributed by atoms with Gasteiger partial charge < -0.3 is 10.8 Å². The lowest BCUT2D eigenvalue weighted by molar-refractivity contribution is -0.138. The van der Waals surface area contributed by atoms with Crippen LogP contribution in [0.3, 0.4) is 0 Å². The van der Waals surface area contributed by atoms with Crippen molar-refractivity contribution in [2.24, 2.45) is 11.7 Å². The maximum absolute atomic E-state index is 10.4. The van der Waals surface area contributed by atoms with Crippen LogP contribution >= 0.6 is 11.8 Å². The molecule has 0 rings (SSSR count). The highest BCUT2D eigenvalue weighted by atomic mass is 32.2. The third-order valence-corrected chi connectivity index (χ3v) is 3.06. The van der Waals surface area contributed by atoms with Gasteiger partial charge in [0.2, 0.25) is 0 Å². The first-order valence-electron chi connectivity index (χ1n) is 5.10. The van der Waals surface area contributed by atoms with E-state index in [0.717, 1.165) is 17.4 Å². The number of carbonyl (C=O) groups is 1. The molecule has 0 aliphatic carbocycles. The zero-order valence-corrected chi connectivity index (χ0v) is 9.85. The molecule has 1 atom stereocenters. The van der Waals surface area contributed by atoms with Crippen molar-refractivity contribution in [1.29, 1.82) is 0 Å². The Hall–Kier alpha value is -0.220. The van der Waals surface area contributed by atoms with Crippen molar-refractivity contribution < 1.29 is 9.90 Å². The van der Waals surface area contributed by atoms with Gasteiger partial charge in [-0.15, -0.1) is 0 Å². The van der Waals surface area contributed by atoms with Crippen molar-refractivity contribution in [1.82, 2.24) is 0 Å². The molecule has 3 nitrogen and oxygen atoms in total. The van der Waals surface area contributed by atoms with E-state index in [9.17, 15) is 4.79 Å². The lowest BCUT2D eigenvalue weighted by atomic mass is 10.1. The highest BCUT2D eigenvalue weighted by Gasteiger charge is 2.09. The minimum absolute atomic E-state index is 0.571. The Morgan fingerprint density at radius 3 is 2.50 bits per heavy atom. The average Bonchev–Trinajstić information content (AvgIpc) is 2.09. The van der Waals surface area contributed by atoms with Crippen LogP contribution < -0.4 is 5.73 Å². The standard InChI is InChI=1S/C10H21NO2S/c1-8(2)4-3-6-14-7-5-9(11)10(12)13/h8-9H,3-7,11H2,1-2H3,(H,12,13). The van der Waals surface area contributed by atoms with Gasteiger partial charge in [-0.2, -0.15) is 11.8 Å². The third kappa shape index (κ3) is 8.38. The Kier molecular flexibility index (Phi) is 7.99. The fraction of sp³-hybridized carbons (Fsp3) is 0.900. The summed E-state index contributed by atoms with van der Waals surface area (Å²) >= 11 is 1.80. The van der Waals surface area contributed by atoms with E-state index in [1.54, 1.807) is 11.8 Å². The molecule has 0 aliphatic heterocycles. The van der Waals surface area contributed by atoms with Crippen molar-refractivity contribution in [3.63, 3.8) is 0 Å². The van der Waals surface area contributed by atoms with E-state index < -0.39 is 12.0 Å². The second kappa shape index (κ2) is 8.12. The highest BCUT2D eigenvalue weighted by molar-refractivity contribution is 7.99. The molecule has 4 heteroatoms. The molecule has 0 saturated heterocycles. The molecule has 0 aliphatic rings. The minimum Gasteiger partial charge on any atom is -0.480 e. The molecule has 0 fully saturated rings. The van der Waals surface area contributed by atoms with Gasteiger partial charge in [-0.05, 0) is 30.3 Å². The zero-order chi connectivity index (χ0) is 11.0. The summed E-state index contributed by atoms with van der Waals surface area (Å²) in [5.41, 5.74) is 5.37. The molecule has 3 N–H and O–H groups in total. The molecule has 14 heavy (non-hydrogen) atoms. The Bertz CT molecular complexity index is 162. The Morgan fingerprint density at radius 2 is 2.00 bits per heavy atom. The molecule has 1 unspecified atom stereocenters. The number of hydrogen-bond acceptors (Lipinski definition) is 3. The Balaban J connectivity index is 3.17. The molecule has 0 bridgehead atoms. The molecule has 0 amide bonds. The van der Waals surface area contributed by atoms with Gasteiger partial charge in [0.05, 0.1) is 0 Å². The van der Waals surface area contributed by atoms with E-state index in [1.807, 2.05) is 0 Å². The van der Waals surface area contributed by atoms with Crippen molar-refractivity contribution in [3.8, 4) is 0 Å². The molecular formula is C10H21NO2S. The molecule has 0 aromatic rings. The first kappa shape index (κ1) is 13.8. The minimum atomic E-state index is -0.896. The van der Waals surface area contributed by atoms with E-state index in [1.165, 1.54) is 12.8 Å². The van der Waals surface area contributed by atoms with Crippen LogP contribution in [-0.4, -0.2) is 28.6 Å². The fourth-order valence-electron chi connectivity index (χ4n) is 1.03. The largest absolute Gasteiger partial charge is 0.480 e. The summed E-state index contributed by atoms with van der Waals surface area (Å²) in [5.74, 6) is 1.83. The second-order valence-corrected chi connectivity index (χ2v) is 5.11. The summed E-state index contributed by atoms with van der Waals surface area (Å²) < 4.78 is 0. The predicted octanol–water partition coefficient (Wildman–Crippen LogP) is 1.96. The lowest BCUT2D eigenvalue weighted by Gasteiger charge is -2.06. The van der Waals surface area contributed by atoms with Crippen LogP contribution in [0.25, 0.3) is 0 Å². The summed E-state index contributed by atoms with van der Waals surface area (Å²) in [7, 11) is 0. The van der Waals surface area contributed by atoms with Gasteiger partial charge in [-0.1, -0.05) is 20.3 Å². The quantitative estimate of drug-likeness (QED) is 0.613. The molecule has 0 heterocycles. The van der Waals surface area contributed by atoms with Crippen molar-refractivity contribution >= 4 is 17.7 Å². The van der Waals surface area contributed by atoms with Gasteiger partial charge in [-0.25, -0.2) is 0 Å². The summed E-state index contributed by atoms with van der Waals surface area (Å²) in [6.07, 6.45) is 3.03. The molecule has 0 aromatic carbocycles. The molecule has 0 aromatic heterocycles. The van der Waals surface area contributed by atoms with E-state index in [2.05, 4.69) is 13.8 Å². The maximum Gasteiger partial charge on any atom is 0.320 e. The van der Waals surface area contributed by atoms with E-state index in [-0.39, 0.29) is 0 Å². The van der Waals surface area contributed by atoms with Crippen LogP contribution in [0.2, 0.25) is 0 Å². The Morgan fingerprint density at radius 1 is 1.36 bits per heavy atom. The van der Waals surface area contributed by atoms with Crippen LogP contribution in [0.5, 0.6) is 0 Å². The van der Waals surface area contributed by atoms with E-state index in [4.69, 9.17) is 10.8 Å². The normalized spacial score (nSPS) is 13.1. The summed E-state index contributed by atoms with van der Waals surface area (Å²) in [4.78, 5) is 10.4. The van der Waals surface area contributed by atoms with Gasteiger partial charge in [-0.3, -0.25) is 4.79 Å². The van der Waals surface area contributed by atoms with Crippen LogP contribution in [0.1, 0.15) is 33.1 Å². The third-order valence-electron chi connectivity index (χ3n) is 1.96.